The van der Waals surface area contributed by atoms with Gasteiger partial charge in [-0.15, -0.1) is 12.4 Å². The standard InChI is InChI=1S/C8H10N2.ClH/c1-6-4-7-2-3-9-8(7)10-5-6;/h4-5H,2-3H2,1H3,(H,9,10);1H. The maximum absolute atomic E-state index is 4.25. The lowest BCUT2D eigenvalue weighted by Crippen LogP contribution is -1.92. The summed E-state index contributed by atoms with van der Waals surface area (Å²) in [6.07, 6.45) is 3.03. The molecule has 3 heteroatoms. The zero-order chi connectivity index (χ0) is 6.97. The van der Waals surface area contributed by atoms with Crippen LogP contribution in [0.3, 0.4) is 0 Å². The lowest BCUT2D eigenvalue weighted by Gasteiger charge is -1.97. The lowest BCUT2D eigenvalue weighted by molar-refractivity contribution is 1.10. The quantitative estimate of drug-likeness (QED) is 0.642. The van der Waals surface area contributed by atoms with E-state index in [2.05, 4.69) is 23.3 Å². The molecule has 0 unspecified atom stereocenters. The van der Waals surface area contributed by atoms with Gasteiger partial charge in [-0.25, -0.2) is 4.98 Å². The van der Waals surface area contributed by atoms with Crippen molar-refractivity contribution in [2.45, 2.75) is 13.3 Å². The second-order valence-corrected chi connectivity index (χ2v) is 2.70. The van der Waals surface area contributed by atoms with Crippen molar-refractivity contribution in [2.75, 3.05) is 11.9 Å². The van der Waals surface area contributed by atoms with Gasteiger partial charge in [0.25, 0.3) is 0 Å². The van der Waals surface area contributed by atoms with E-state index in [1.807, 2.05) is 6.20 Å². The summed E-state index contributed by atoms with van der Waals surface area (Å²) in [5.41, 5.74) is 2.61. The fourth-order valence-corrected chi connectivity index (χ4v) is 1.30. The van der Waals surface area contributed by atoms with E-state index < -0.39 is 0 Å². The molecule has 0 bridgehead atoms. The van der Waals surface area contributed by atoms with Crippen LogP contribution in [0.4, 0.5) is 5.82 Å². The Hall–Kier alpha value is -0.760. The number of anilines is 1. The largest absolute Gasteiger partial charge is 0.370 e. The minimum absolute atomic E-state index is 0. The predicted octanol–water partition coefficient (Wildman–Crippen LogP) is 1.78. The second kappa shape index (κ2) is 3.09. The molecule has 60 valence electrons. The van der Waals surface area contributed by atoms with Crippen molar-refractivity contribution in [3.05, 3.63) is 23.4 Å². The molecule has 0 amide bonds. The molecule has 0 saturated carbocycles. The van der Waals surface area contributed by atoms with Crippen LogP contribution in [0.2, 0.25) is 0 Å². The highest BCUT2D eigenvalue weighted by Crippen LogP contribution is 2.18. The van der Waals surface area contributed by atoms with Gasteiger partial charge in [0.15, 0.2) is 0 Å². The highest BCUT2D eigenvalue weighted by Gasteiger charge is 2.09. The molecule has 0 fully saturated rings. The molecule has 1 aromatic heterocycles. The molecule has 2 nitrogen and oxygen atoms in total. The van der Waals surface area contributed by atoms with Gasteiger partial charge in [-0.05, 0) is 24.5 Å². The zero-order valence-electron chi connectivity index (χ0n) is 6.42. The number of hydrogen-bond acceptors (Lipinski definition) is 2. The summed E-state index contributed by atoms with van der Waals surface area (Å²) in [6.45, 7) is 3.12. The van der Waals surface area contributed by atoms with E-state index in [1.165, 1.54) is 11.1 Å². The van der Waals surface area contributed by atoms with Gasteiger partial charge >= 0.3 is 0 Å². The van der Waals surface area contributed by atoms with Crippen molar-refractivity contribution >= 4 is 18.2 Å². The molecule has 2 heterocycles. The average molecular weight is 171 g/mol. The monoisotopic (exact) mass is 170 g/mol. The number of nitrogens with one attached hydrogen (secondary N) is 1. The number of halogens is 1. The first-order chi connectivity index (χ1) is 4.86. The first kappa shape index (κ1) is 8.34. The molecule has 11 heavy (non-hydrogen) atoms. The summed E-state index contributed by atoms with van der Waals surface area (Å²) in [5.74, 6) is 1.07. The molecule has 0 aromatic carbocycles. The second-order valence-electron chi connectivity index (χ2n) is 2.70. The molecule has 0 saturated heterocycles. The summed E-state index contributed by atoms with van der Waals surface area (Å²) in [5, 5.41) is 3.22. The van der Waals surface area contributed by atoms with Crippen molar-refractivity contribution in [1.29, 1.82) is 0 Å². The van der Waals surface area contributed by atoms with Crippen molar-refractivity contribution < 1.29 is 0 Å². The smallest absolute Gasteiger partial charge is 0.129 e. The van der Waals surface area contributed by atoms with Crippen LogP contribution >= 0.6 is 12.4 Å². The van der Waals surface area contributed by atoms with Gasteiger partial charge in [0.1, 0.15) is 5.82 Å². The van der Waals surface area contributed by atoms with Crippen molar-refractivity contribution in [1.82, 2.24) is 4.98 Å². The van der Waals surface area contributed by atoms with Gasteiger partial charge < -0.3 is 5.32 Å². The number of pyridine rings is 1. The Morgan fingerprint density at radius 3 is 3.18 bits per heavy atom. The highest BCUT2D eigenvalue weighted by molar-refractivity contribution is 5.85. The Labute approximate surface area is 72.4 Å². The van der Waals surface area contributed by atoms with E-state index in [0.29, 0.717) is 0 Å². The van der Waals surface area contributed by atoms with E-state index in [4.69, 9.17) is 0 Å². The van der Waals surface area contributed by atoms with Crippen molar-refractivity contribution in [2.24, 2.45) is 0 Å². The van der Waals surface area contributed by atoms with E-state index in [9.17, 15) is 0 Å². The maximum atomic E-state index is 4.25. The number of fused-ring (bicyclic) bond motifs is 1. The molecule has 0 atom stereocenters. The summed E-state index contributed by atoms with van der Waals surface area (Å²) in [4.78, 5) is 4.25. The number of nitrogens with zero attached hydrogens (tertiary/aromatic N) is 1. The maximum Gasteiger partial charge on any atom is 0.129 e. The van der Waals surface area contributed by atoms with Crippen LogP contribution in [0.1, 0.15) is 11.1 Å². The Morgan fingerprint density at radius 2 is 2.36 bits per heavy atom. The molecule has 1 aromatic rings. The molecule has 1 aliphatic heterocycles. The number of rotatable bonds is 0. The van der Waals surface area contributed by atoms with Crippen molar-refractivity contribution in [3.63, 3.8) is 0 Å². The topological polar surface area (TPSA) is 24.9 Å². The molecule has 2 rings (SSSR count). The fraction of sp³-hybridized carbons (Fsp3) is 0.375. The van der Waals surface area contributed by atoms with E-state index in [-0.39, 0.29) is 12.4 Å². The SMILES string of the molecule is Cc1cnc2c(c1)CCN2.Cl. The van der Waals surface area contributed by atoms with E-state index in [1.54, 1.807) is 0 Å². The van der Waals surface area contributed by atoms with Gasteiger partial charge in [0, 0.05) is 12.7 Å². The normalized spacial score (nSPS) is 13.2. The van der Waals surface area contributed by atoms with Crippen LogP contribution in [0.15, 0.2) is 12.3 Å². The Balaban J connectivity index is 0.000000605. The fourth-order valence-electron chi connectivity index (χ4n) is 1.30. The summed E-state index contributed by atoms with van der Waals surface area (Å²) in [6, 6.07) is 2.20. The van der Waals surface area contributed by atoms with Crippen LogP contribution in [-0.4, -0.2) is 11.5 Å². The van der Waals surface area contributed by atoms with Crippen LogP contribution < -0.4 is 5.32 Å². The first-order valence-corrected chi connectivity index (χ1v) is 3.55. The Bertz CT molecular complexity index is 260. The van der Waals surface area contributed by atoms with Crippen LogP contribution in [0, 0.1) is 6.92 Å². The molecule has 1 aliphatic rings. The third-order valence-electron chi connectivity index (χ3n) is 1.79. The van der Waals surface area contributed by atoms with Crippen LogP contribution in [0.5, 0.6) is 0 Å². The number of aromatic nitrogens is 1. The zero-order valence-corrected chi connectivity index (χ0v) is 7.24. The molecular formula is C8H11ClN2. The van der Waals surface area contributed by atoms with Crippen molar-refractivity contribution in [3.8, 4) is 0 Å². The van der Waals surface area contributed by atoms with Crippen LogP contribution in [-0.2, 0) is 6.42 Å². The van der Waals surface area contributed by atoms with Gasteiger partial charge in [0.05, 0.1) is 0 Å². The number of aryl methyl sites for hydroxylation is 1. The van der Waals surface area contributed by atoms with Gasteiger partial charge in [-0.3, -0.25) is 0 Å². The summed E-state index contributed by atoms with van der Waals surface area (Å²) in [7, 11) is 0. The van der Waals surface area contributed by atoms with Crippen LogP contribution in [0.25, 0.3) is 0 Å². The summed E-state index contributed by atoms with van der Waals surface area (Å²) >= 11 is 0. The minimum atomic E-state index is 0. The Kier molecular flexibility index (Phi) is 2.35. The molecular weight excluding hydrogens is 160 g/mol. The number of hydrogen-bond donors (Lipinski definition) is 1. The van der Waals surface area contributed by atoms with Gasteiger partial charge in [-0.2, -0.15) is 0 Å². The molecule has 0 aliphatic carbocycles. The van der Waals surface area contributed by atoms with E-state index in [0.717, 1.165) is 18.8 Å². The third kappa shape index (κ3) is 1.46. The lowest BCUT2D eigenvalue weighted by atomic mass is 10.2. The summed E-state index contributed by atoms with van der Waals surface area (Å²) < 4.78 is 0. The van der Waals surface area contributed by atoms with Gasteiger partial charge in [0.2, 0.25) is 0 Å². The first-order valence-electron chi connectivity index (χ1n) is 3.55. The average Bonchev–Trinajstić information content (AvgIpc) is 2.33. The van der Waals surface area contributed by atoms with Gasteiger partial charge in [-0.1, -0.05) is 6.07 Å². The molecule has 0 spiro atoms. The third-order valence-corrected chi connectivity index (χ3v) is 1.79. The molecule has 0 radical (unpaired) electrons. The minimum Gasteiger partial charge on any atom is -0.370 e. The molecule has 1 N–H and O–H groups in total. The Morgan fingerprint density at radius 1 is 1.55 bits per heavy atom. The highest BCUT2D eigenvalue weighted by atomic mass is 35.5. The predicted molar refractivity (Wildman–Crippen MR) is 48.4 cm³/mol. The van der Waals surface area contributed by atoms with E-state index >= 15 is 0 Å².